The highest BCUT2D eigenvalue weighted by Gasteiger charge is 2.61. The molecule has 0 aliphatic carbocycles. The molecule has 2 saturated heterocycles. The first-order valence-electron chi connectivity index (χ1n) is 4.54. The highest BCUT2D eigenvalue weighted by Crippen LogP contribution is 2.41. The Labute approximate surface area is 78.9 Å². The van der Waals surface area contributed by atoms with Crippen molar-refractivity contribution in [2.75, 3.05) is 27.4 Å². The Bertz CT molecular complexity index is 201. The number of rotatable bonds is 3. The molecule has 2 heterocycles. The maximum atomic E-state index is 5.82. The Balaban J connectivity index is 2.08. The second kappa shape index (κ2) is 3.24. The first-order valence-corrected chi connectivity index (χ1v) is 4.54. The lowest BCUT2D eigenvalue weighted by molar-refractivity contribution is -0.244. The summed E-state index contributed by atoms with van der Waals surface area (Å²) >= 11 is 0. The van der Waals surface area contributed by atoms with E-state index in [0.717, 1.165) is 0 Å². The topological polar surface area (TPSA) is 36.9 Å². The van der Waals surface area contributed by atoms with Crippen molar-refractivity contribution in [3.63, 3.8) is 0 Å². The molecule has 2 rings (SSSR count). The Morgan fingerprint density at radius 2 is 2.31 bits per heavy atom. The van der Waals surface area contributed by atoms with Crippen LogP contribution in [0.25, 0.3) is 0 Å². The Morgan fingerprint density at radius 3 is 2.77 bits per heavy atom. The van der Waals surface area contributed by atoms with Crippen LogP contribution in [0.4, 0.5) is 0 Å². The fourth-order valence-electron chi connectivity index (χ4n) is 2.26. The van der Waals surface area contributed by atoms with E-state index in [2.05, 4.69) is 0 Å². The summed E-state index contributed by atoms with van der Waals surface area (Å²) in [5.74, 6) is 0. The van der Waals surface area contributed by atoms with Crippen molar-refractivity contribution in [2.24, 2.45) is 0 Å². The number of methoxy groups -OCH3 is 2. The molecule has 0 aromatic carbocycles. The Morgan fingerprint density at radius 1 is 1.54 bits per heavy atom. The zero-order chi connectivity index (χ0) is 9.47. The molecule has 0 bridgehead atoms. The molecule has 0 aromatic heterocycles. The second-order valence-electron chi connectivity index (χ2n) is 3.75. The Kier molecular flexibility index (Phi) is 2.36. The van der Waals surface area contributed by atoms with Crippen molar-refractivity contribution in [3.8, 4) is 0 Å². The van der Waals surface area contributed by atoms with Crippen LogP contribution in [0.15, 0.2) is 0 Å². The van der Waals surface area contributed by atoms with Gasteiger partial charge in [0.2, 0.25) is 0 Å². The lowest BCUT2D eigenvalue weighted by atomic mass is 9.86. The van der Waals surface area contributed by atoms with Crippen molar-refractivity contribution >= 4 is 7.85 Å². The molecular weight excluding hydrogens is 171 g/mol. The maximum Gasteiger partial charge on any atom is 0.143 e. The van der Waals surface area contributed by atoms with E-state index >= 15 is 0 Å². The standard InChI is InChI=1S/C8H15BO4/c1-10-3-8-4-12-6(8)5(11-2)7(9)13-8/h5-7H,3-4,9H2,1-2H3/t5-,6+,7-,8+/m0/s1. The van der Waals surface area contributed by atoms with Gasteiger partial charge in [-0.25, -0.2) is 0 Å². The number of ether oxygens (including phenoxy) is 4. The molecule has 0 radical (unpaired) electrons. The monoisotopic (exact) mass is 186 g/mol. The average Bonchev–Trinajstić information content (AvgIpc) is 2.26. The van der Waals surface area contributed by atoms with Gasteiger partial charge in [-0.1, -0.05) is 0 Å². The van der Waals surface area contributed by atoms with Gasteiger partial charge >= 0.3 is 0 Å². The number of hydrogen-bond donors (Lipinski definition) is 0. The maximum absolute atomic E-state index is 5.82. The van der Waals surface area contributed by atoms with Crippen LogP contribution in [-0.4, -0.2) is 59.1 Å². The van der Waals surface area contributed by atoms with Crippen LogP contribution in [0.2, 0.25) is 0 Å². The highest BCUT2D eigenvalue weighted by molar-refractivity contribution is 6.11. The van der Waals surface area contributed by atoms with Gasteiger partial charge in [0.1, 0.15) is 25.7 Å². The quantitative estimate of drug-likeness (QED) is 0.517. The van der Waals surface area contributed by atoms with Crippen molar-refractivity contribution in [3.05, 3.63) is 0 Å². The van der Waals surface area contributed by atoms with E-state index < -0.39 is 0 Å². The summed E-state index contributed by atoms with van der Waals surface area (Å²) in [6, 6.07) is 0.0904. The van der Waals surface area contributed by atoms with Gasteiger partial charge in [-0.2, -0.15) is 0 Å². The molecule has 0 saturated carbocycles. The van der Waals surface area contributed by atoms with Crippen molar-refractivity contribution in [2.45, 2.75) is 23.8 Å². The van der Waals surface area contributed by atoms with Crippen LogP contribution < -0.4 is 0 Å². The van der Waals surface area contributed by atoms with E-state index in [-0.39, 0.29) is 23.8 Å². The zero-order valence-corrected chi connectivity index (χ0v) is 8.28. The highest BCUT2D eigenvalue weighted by atomic mass is 16.7. The fourth-order valence-corrected chi connectivity index (χ4v) is 2.26. The van der Waals surface area contributed by atoms with Crippen molar-refractivity contribution in [1.29, 1.82) is 0 Å². The Hall–Kier alpha value is -0.0951. The first kappa shape index (κ1) is 9.46. The average molecular weight is 186 g/mol. The largest absolute Gasteiger partial charge is 0.381 e. The molecule has 5 heteroatoms. The third kappa shape index (κ3) is 1.22. The molecule has 74 valence electrons. The van der Waals surface area contributed by atoms with E-state index in [9.17, 15) is 0 Å². The normalized spacial score (nSPS) is 48.6. The van der Waals surface area contributed by atoms with Crippen molar-refractivity contribution < 1.29 is 18.9 Å². The zero-order valence-electron chi connectivity index (χ0n) is 8.28. The number of fused-ring (bicyclic) bond motifs is 1. The van der Waals surface area contributed by atoms with E-state index in [0.29, 0.717) is 13.2 Å². The molecular formula is C8H15BO4. The van der Waals surface area contributed by atoms with E-state index in [1.807, 2.05) is 7.85 Å². The van der Waals surface area contributed by atoms with Crippen LogP contribution in [0.5, 0.6) is 0 Å². The van der Waals surface area contributed by atoms with Crippen LogP contribution >= 0.6 is 0 Å². The summed E-state index contributed by atoms with van der Waals surface area (Å²) in [6.45, 7) is 1.21. The van der Waals surface area contributed by atoms with Gasteiger partial charge in [0.25, 0.3) is 0 Å². The van der Waals surface area contributed by atoms with Gasteiger partial charge in [0, 0.05) is 14.2 Å². The minimum absolute atomic E-state index is 0.0453. The predicted octanol–water partition coefficient (Wildman–Crippen LogP) is -1.23. The van der Waals surface area contributed by atoms with E-state index in [4.69, 9.17) is 18.9 Å². The molecule has 2 aliphatic rings. The third-order valence-electron chi connectivity index (χ3n) is 2.87. The third-order valence-corrected chi connectivity index (χ3v) is 2.87. The predicted molar refractivity (Wildman–Crippen MR) is 48.6 cm³/mol. The molecule has 0 N–H and O–H groups in total. The summed E-state index contributed by atoms with van der Waals surface area (Å²) in [7, 11) is 5.38. The van der Waals surface area contributed by atoms with E-state index in [1.165, 1.54) is 0 Å². The SMILES string of the molecule is B[C@H]1O[C@]2(COC)CO[C@@H]2[C@@H]1OC. The van der Waals surface area contributed by atoms with Crippen molar-refractivity contribution in [1.82, 2.24) is 0 Å². The van der Waals surface area contributed by atoms with Gasteiger partial charge in [-0.3, -0.25) is 0 Å². The van der Waals surface area contributed by atoms with E-state index in [1.54, 1.807) is 14.2 Å². The minimum atomic E-state index is -0.241. The molecule has 2 aliphatic heterocycles. The molecule has 2 fully saturated rings. The molecule has 0 unspecified atom stereocenters. The fraction of sp³-hybridized carbons (Fsp3) is 1.00. The van der Waals surface area contributed by atoms with Gasteiger partial charge in [0.15, 0.2) is 0 Å². The molecule has 0 spiro atoms. The van der Waals surface area contributed by atoms with Crippen LogP contribution in [0, 0.1) is 0 Å². The van der Waals surface area contributed by atoms with Crippen LogP contribution in [-0.2, 0) is 18.9 Å². The number of hydrogen-bond acceptors (Lipinski definition) is 4. The summed E-state index contributed by atoms with van der Waals surface area (Å²) in [5, 5.41) is 0. The lowest BCUT2D eigenvalue weighted by Gasteiger charge is -2.43. The lowest BCUT2D eigenvalue weighted by Crippen LogP contribution is -2.61. The smallest absolute Gasteiger partial charge is 0.143 e. The summed E-state index contributed by atoms with van der Waals surface area (Å²) in [5.41, 5.74) is -0.241. The summed E-state index contributed by atoms with van der Waals surface area (Å²) in [6.07, 6.45) is 0.0938. The molecule has 0 amide bonds. The molecule has 13 heavy (non-hydrogen) atoms. The molecule has 0 aromatic rings. The first-order chi connectivity index (χ1) is 6.23. The van der Waals surface area contributed by atoms with Gasteiger partial charge in [0.05, 0.1) is 19.2 Å². The van der Waals surface area contributed by atoms with Crippen LogP contribution in [0.3, 0.4) is 0 Å². The van der Waals surface area contributed by atoms with Gasteiger partial charge in [-0.05, 0) is 0 Å². The summed E-state index contributed by atoms with van der Waals surface area (Å²) in [4.78, 5) is 0. The molecule has 4 atom stereocenters. The summed E-state index contributed by atoms with van der Waals surface area (Å²) < 4.78 is 21.7. The van der Waals surface area contributed by atoms with Gasteiger partial charge < -0.3 is 18.9 Å². The molecule has 4 nitrogen and oxygen atoms in total. The van der Waals surface area contributed by atoms with Gasteiger partial charge in [-0.15, -0.1) is 0 Å². The van der Waals surface area contributed by atoms with Crippen LogP contribution in [0.1, 0.15) is 0 Å². The minimum Gasteiger partial charge on any atom is -0.381 e. The second-order valence-corrected chi connectivity index (χ2v) is 3.75.